The Hall–Kier alpha value is -2.66. The maximum Gasteiger partial charge on any atom is 0.309 e. The lowest BCUT2D eigenvalue weighted by atomic mass is 9.48. The molecule has 6 rings (SSSR count). The summed E-state index contributed by atoms with van der Waals surface area (Å²) in [6, 6.07) is 6.24. The molecule has 2 heterocycles. The molecule has 5 aliphatic rings. The molecule has 1 aliphatic heterocycles. The number of nitrogens with zero attached hydrogens (tertiary/aromatic N) is 5. The lowest BCUT2D eigenvalue weighted by molar-refractivity contribution is -0.166. The van der Waals surface area contributed by atoms with Crippen LogP contribution in [0.2, 0.25) is 0 Å². The monoisotopic (exact) mass is 464 g/mol. The Kier molecular flexibility index (Phi) is 5.79. The van der Waals surface area contributed by atoms with Gasteiger partial charge in [-0.1, -0.05) is 6.07 Å². The van der Waals surface area contributed by atoms with Gasteiger partial charge in [-0.2, -0.15) is 5.26 Å². The Morgan fingerprint density at radius 3 is 2.47 bits per heavy atom. The molecule has 4 aliphatic carbocycles. The number of carboxylic acid groups (broad SMARTS) is 1. The highest BCUT2D eigenvalue weighted by molar-refractivity contribution is 5.92. The summed E-state index contributed by atoms with van der Waals surface area (Å²) in [6.45, 7) is 9.76. The zero-order chi connectivity index (χ0) is 24.1. The van der Waals surface area contributed by atoms with Crippen molar-refractivity contribution in [2.75, 3.05) is 31.1 Å². The summed E-state index contributed by atoms with van der Waals surface area (Å²) in [5.41, 5.74) is 0.0652. The third kappa shape index (κ3) is 3.94. The summed E-state index contributed by atoms with van der Waals surface area (Å²) < 4.78 is 0. The van der Waals surface area contributed by atoms with Gasteiger partial charge in [0.1, 0.15) is 11.7 Å². The molecule has 1 aromatic rings. The average Bonchev–Trinajstić information content (AvgIpc) is 2.80. The fourth-order valence-corrected chi connectivity index (χ4v) is 7.36. The number of aliphatic imine (C=N–C) groups is 1. The molecule has 0 radical (unpaired) electrons. The first-order valence-electron chi connectivity index (χ1n) is 12.6. The molecule has 8 nitrogen and oxygen atoms in total. The fourth-order valence-electron chi connectivity index (χ4n) is 7.36. The summed E-state index contributed by atoms with van der Waals surface area (Å²) in [7, 11) is 0. The normalized spacial score (nSPS) is 33.6. The second-order valence-corrected chi connectivity index (χ2v) is 11.4. The van der Waals surface area contributed by atoms with E-state index >= 15 is 0 Å². The maximum atomic E-state index is 12.1. The second kappa shape index (κ2) is 8.53. The van der Waals surface area contributed by atoms with Crippen LogP contribution in [0.1, 0.15) is 51.6 Å². The highest BCUT2D eigenvalue weighted by Crippen LogP contribution is 2.61. The van der Waals surface area contributed by atoms with E-state index in [2.05, 4.69) is 52.3 Å². The fraction of sp³-hybridized carbons (Fsp3) is 0.692. The van der Waals surface area contributed by atoms with Crippen molar-refractivity contribution in [3.05, 3.63) is 23.9 Å². The second-order valence-electron chi connectivity index (χ2n) is 11.4. The van der Waals surface area contributed by atoms with Gasteiger partial charge < -0.3 is 10.0 Å². The SMILES string of the molecule is Cc1cccc(N2CCN(C(C)(C)C(=NC3C4CC5CC3CC(C(=O)O)(C5)C4)NC#N)CC2)n1. The van der Waals surface area contributed by atoms with Crippen molar-refractivity contribution in [1.82, 2.24) is 15.2 Å². The number of carboxylic acids is 1. The Bertz CT molecular complexity index is 1010. The molecule has 182 valence electrons. The number of aromatic nitrogens is 1. The van der Waals surface area contributed by atoms with Gasteiger partial charge in [-0.25, -0.2) is 4.98 Å². The van der Waals surface area contributed by atoms with Gasteiger partial charge in [0.25, 0.3) is 0 Å². The standard InChI is InChI=1S/C26H36N6O2/c1-17-5-4-6-21(29-17)31-7-9-32(10-8-31)25(2,3)23(28-16-27)30-22-19-11-18-12-20(22)15-26(13-18,14-19)24(33)34/h4-6,18-20,22H,7-15H2,1-3H3,(H,28,30)(H,33,34). The molecule has 1 saturated heterocycles. The smallest absolute Gasteiger partial charge is 0.309 e. The summed E-state index contributed by atoms with van der Waals surface area (Å²) in [5, 5.41) is 22.4. The van der Waals surface area contributed by atoms with Gasteiger partial charge in [-0.15, -0.1) is 0 Å². The van der Waals surface area contributed by atoms with E-state index in [1.807, 2.05) is 13.0 Å². The Labute approximate surface area is 202 Å². The number of pyridine rings is 1. The first kappa shape index (κ1) is 23.1. The van der Waals surface area contributed by atoms with Crippen LogP contribution in [-0.4, -0.2) is 64.6 Å². The largest absolute Gasteiger partial charge is 0.481 e. The molecule has 2 N–H and O–H groups in total. The van der Waals surface area contributed by atoms with Gasteiger partial charge in [0.15, 0.2) is 6.19 Å². The molecule has 4 saturated carbocycles. The van der Waals surface area contributed by atoms with Crippen LogP contribution < -0.4 is 10.2 Å². The molecule has 4 bridgehead atoms. The van der Waals surface area contributed by atoms with Crippen LogP contribution in [0.15, 0.2) is 23.2 Å². The molecule has 1 aromatic heterocycles. The van der Waals surface area contributed by atoms with Crippen LogP contribution in [0.4, 0.5) is 5.82 Å². The van der Waals surface area contributed by atoms with Crippen LogP contribution in [0.25, 0.3) is 0 Å². The zero-order valence-corrected chi connectivity index (χ0v) is 20.5. The number of hydrogen-bond donors (Lipinski definition) is 2. The molecule has 0 amide bonds. The summed E-state index contributed by atoms with van der Waals surface area (Å²) in [5.74, 6) is 2.24. The first-order chi connectivity index (χ1) is 16.2. The highest BCUT2D eigenvalue weighted by Gasteiger charge is 2.59. The number of nitrogens with one attached hydrogen (secondary N) is 1. The molecule has 2 atom stereocenters. The van der Waals surface area contributed by atoms with E-state index in [4.69, 9.17) is 4.99 Å². The summed E-state index contributed by atoms with van der Waals surface area (Å²) in [4.78, 5) is 26.7. The van der Waals surface area contributed by atoms with Crippen LogP contribution >= 0.6 is 0 Å². The van der Waals surface area contributed by atoms with Crippen molar-refractivity contribution in [2.24, 2.45) is 28.2 Å². The summed E-state index contributed by atoms with van der Waals surface area (Å²) in [6.07, 6.45) is 6.56. The predicted molar refractivity (Wildman–Crippen MR) is 130 cm³/mol. The number of amidine groups is 1. The molecule has 0 aromatic carbocycles. The minimum atomic E-state index is -0.619. The Morgan fingerprint density at radius 2 is 1.88 bits per heavy atom. The van der Waals surface area contributed by atoms with Crippen molar-refractivity contribution in [2.45, 2.75) is 64.5 Å². The van der Waals surface area contributed by atoms with Crippen molar-refractivity contribution in [1.29, 1.82) is 5.26 Å². The van der Waals surface area contributed by atoms with Crippen molar-refractivity contribution in [3.63, 3.8) is 0 Å². The van der Waals surface area contributed by atoms with Crippen molar-refractivity contribution < 1.29 is 9.90 Å². The van der Waals surface area contributed by atoms with Gasteiger partial charge in [-0.05, 0) is 82.8 Å². The number of rotatable bonds is 5. The molecular formula is C26H36N6O2. The number of hydrogen-bond acceptors (Lipinski definition) is 6. The number of aliphatic carboxylic acids is 1. The zero-order valence-electron chi connectivity index (χ0n) is 20.5. The van der Waals surface area contributed by atoms with E-state index in [1.165, 1.54) is 0 Å². The third-order valence-electron chi connectivity index (χ3n) is 8.98. The van der Waals surface area contributed by atoms with Crippen LogP contribution in [0, 0.1) is 41.5 Å². The molecule has 8 heteroatoms. The van der Waals surface area contributed by atoms with E-state index < -0.39 is 16.9 Å². The molecule has 2 unspecified atom stereocenters. The van der Waals surface area contributed by atoms with Crippen LogP contribution in [0.3, 0.4) is 0 Å². The number of anilines is 1. The average molecular weight is 465 g/mol. The van der Waals surface area contributed by atoms with Crippen molar-refractivity contribution in [3.8, 4) is 6.19 Å². The lowest BCUT2D eigenvalue weighted by Crippen LogP contribution is -2.61. The van der Waals surface area contributed by atoms with Crippen LogP contribution in [0.5, 0.6) is 0 Å². The number of nitriles is 1. The minimum Gasteiger partial charge on any atom is -0.481 e. The Balaban J connectivity index is 1.33. The lowest BCUT2D eigenvalue weighted by Gasteiger charge is -2.57. The molecule has 5 fully saturated rings. The van der Waals surface area contributed by atoms with E-state index in [1.54, 1.807) is 0 Å². The summed E-state index contributed by atoms with van der Waals surface area (Å²) >= 11 is 0. The van der Waals surface area contributed by atoms with Gasteiger partial charge in [-0.3, -0.25) is 20.0 Å². The van der Waals surface area contributed by atoms with Crippen molar-refractivity contribution >= 4 is 17.6 Å². The van der Waals surface area contributed by atoms with E-state index in [0.29, 0.717) is 17.8 Å². The van der Waals surface area contributed by atoms with E-state index in [0.717, 1.165) is 75.6 Å². The first-order valence-corrected chi connectivity index (χ1v) is 12.6. The van der Waals surface area contributed by atoms with Gasteiger partial charge in [0.05, 0.1) is 17.0 Å². The minimum absolute atomic E-state index is 0.108. The van der Waals surface area contributed by atoms with Crippen LogP contribution in [-0.2, 0) is 4.79 Å². The Morgan fingerprint density at radius 1 is 1.21 bits per heavy atom. The molecular weight excluding hydrogens is 428 g/mol. The van der Waals surface area contributed by atoms with Gasteiger partial charge in [0, 0.05) is 31.9 Å². The van der Waals surface area contributed by atoms with E-state index in [9.17, 15) is 15.2 Å². The highest BCUT2D eigenvalue weighted by atomic mass is 16.4. The number of aryl methyl sites for hydroxylation is 1. The van der Waals surface area contributed by atoms with Gasteiger partial charge >= 0.3 is 5.97 Å². The molecule has 34 heavy (non-hydrogen) atoms. The predicted octanol–water partition coefficient (Wildman–Crippen LogP) is 3.04. The van der Waals surface area contributed by atoms with E-state index in [-0.39, 0.29) is 6.04 Å². The molecule has 0 spiro atoms. The maximum absolute atomic E-state index is 12.1. The quantitative estimate of drug-likeness (QED) is 0.299. The number of piperazine rings is 1. The number of carbonyl (C=O) groups is 1. The van der Waals surface area contributed by atoms with Gasteiger partial charge in [0.2, 0.25) is 0 Å². The topological polar surface area (TPSA) is 105 Å². The third-order valence-corrected chi connectivity index (χ3v) is 8.98.